The van der Waals surface area contributed by atoms with Crippen molar-refractivity contribution in [1.29, 1.82) is 0 Å². The summed E-state index contributed by atoms with van der Waals surface area (Å²) in [6.45, 7) is 3.63. The van der Waals surface area contributed by atoms with Crippen molar-refractivity contribution in [1.82, 2.24) is 4.98 Å². The predicted molar refractivity (Wildman–Crippen MR) is 105 cm³/mol. The third kappa shape index (κ3) is 5.20. The Morgan fingerprint density at radius 3 is 2.86 bits per heavy atom. The molecule has 0 fully saturated rings. The maximum atomic E-state index is 12.4. The molecule has 1 amide bonds. The van der Waals surface area contributed by atoms with E-state index in [1.54, 1.807) is 38.1 Å². The van der Waals surface area contributed by atoms with Crippen molar-refractivity contribution in [3.63, 3.8) is 0 Å². The summed E-state index contributed by atoms with van der Waals surface area (Å²) in [5, 5.41) is 4.74. The number of carbonyl (C=O) groups excluding carboxylic acids is 2. The van der Waals surface area contributed by atoms with Crippen molar-refractivity contribution in [2.75, 3.05) is 18.5 Å². The number of thiophene rings is 1. The largest absolute Gasteiger partial charge is 0.482 e. The first-order chi connectivity index (χ1) is 13.5. The van der Waals surface area contributed by atoms with E-state index in [1.165, 1.54) is 11.3 Å². The molecular formula is C20H20N2O5S. The lowest BCUT2D eigenvalue weighted by Gasteiger charge is -2.08. The van der Waals surface area contributed by atoms with Gasteiger partial charge in [0.15, 0.2) is 6.61 Å². The van der Waals surface area contributed by atoms with E-state index in [-0.39, 0.29) is 18.9 Å². The lowest BCUT2D eigenvalue weighted by molar-refractivity contribution is -0.145. The minimum Gasteiger partial charge on any atom is -0.482 e. The van der Waals surface area contributed by atoms with E-state index in [4.69, 9.17) is 13.9 Å². The van der Waals surface area contributed by atoms with Crippen molar-refractivity contribution in [2.45, 2.75) is 20.3 Å². The first-order valence-corrected chi connectivity index (χ1v) is 9.61. The van der Waals surface area contributed by atoms with Gasteiger partial charge in [-0.2, -0.15) is 0 Å². The van der Waals surface area contributed by atoms with E-state index in [9.17, 15) is 9.59 Å². The first-order valence-electron chi connectivity index (χ1n) is 8.73. The summed E-state index contributed by atoms with van der Waals surface area (Å²) < 4.78 is 15.8. The number of carbonyl (C=O) groups is 2. The topological polar surface area (TPSA) is 90.7 Å². The number of esters is 1. The van der Waals surface area contributed by atoms with Crippen LogP contribution in [0.4, 0.5) is 5.69 Å². The summed E-state index contributed by atoms with van der Waals surface area (Å²) in [7, 11) is 0. The summed E-state index contributed by atoms with van der Waals surface area (Å²) in [6.07, 6.45) is 0.0919. The van der Waals surface area contributed by atoms with Crippen LogP contribution in [0.3, 0.4) is 0 Å². The van der Waals surface area contributed by atoms with Crippen LogP contribution < -0.4 is 10.1 Å². The molecule has 1 aromatic carbocycles. The summed E-state index contributed by atoms with van der Waals surface area (Å²) in [6, 6.07) is 10.6. The summed E-state index contributed by atoms with van der Waals surface area (Å²) in [5.41, 5.74) is 1.15. The second kappa shape index (κ2) is 9.18. The van der Waals surface area contributed by atoms with Gasteiger partial charge in [-0.1, -0.05) is 12.1 Å². The molecule has 7 nitrogen and oxygen atoms in total. The van der Waals surface area contributed by atoms with Gasteiger partial charge in [0.25, 0.3) is 0 Å². The Bertz CT molecular complexity index is 949. The molecule has 2 aromatic heterocycles. The number of rotatable bonds is 8. The molecule has 0 spiro atoms. The average molecular weight is 400 g/mol. The Morgan fingerprint density at radius 1 is 1.25 bits per heavy atom. The quantitative estimate of drug-likeness (QED) is 0.578. The van der Waals surface area contributed by atoms with Gasteiger partial charge in [0.05, 0.1) is 23.6 Å². The van der Waals surface area contributed by atoms with E-state index < -0.39 is 5.97 Å². The highest BCUT2D eigenvalue weighted by molar-refractivity contribution is 7.13. The molecule has 0 atom stereocenters. The highest BCUT2D eigenvalue weighted by atomic mass is 32.1. The number of nitrogens with zero attached hydrogens (tertiary/aromatic N) is 1. The van der Waals surface area contributed by atoms with E-state index in [0.29, 0.717) is 35.4 Å². The molecule has 0 radical (unpaired) electrons. The normalized spacial score (nSPS) is 10.5. The van der Waals surface area contributed by atoms with Gasteiger partial charge < -0.3 is 19.2 Å². The maximum Gasteiger partial charge on any atom is 0.344 e. The van der Waals surface area contributed by atoms with Crippen LogP contribution in [-0.4, -0.2) is 30.1 Å². The van der Waals surface area contributed by atoms with E-state index in [0.717, 1.165) is 4.88 Å². The van der Waals surface area contributed by atoms with Gasteiger partial charge in [-0.3, -0.25) is 4.79 Å². The van der Waals surface area contributed by atoms with Crippen LogP contribution in [0.25, 0.3) is 10.8 Å². The number of nitrogens with one attached hydrogen (secondary N) is 1. The Balaban J connectivity index is 1.59. The van der Waals surface area contributed by atoms with Crippen LogP contribution in [0.15, 0.2) is 46.2 Å². The number of ether oxygens (including phenoxy) is 2. The molecule has 0 bridgehead atoms. The molecule has 0 saturated carbocycles. The molecule has 3 rings (SSSR count). The number of benzene rings is 1. The molecule has 0 aliphatic heterocycles. The van der Waals surface area contributed by atoms with Gasteiger partial charge in [0.2, 0.25) is 11.8 Å². The fourth-order valence-corrected chi connectivity index (χ4v) is 3.11. The molecule has 0 unspecified atom stereocenters. The van der Waals surface area contributed by atoms with Crippen molar-refractivity contribution in [3.8, 4) is 16.5 Å². The minimum absolute atomic E-state index is 0.0919. The summed E-state index contributed by atoms with van der Waals surface area (Å²) in [5.74, 6) is 0.926. The Morgan fingerprint density at radius 2 is 2.11 bits per heavy atom. The number of hydrogen-bond acceptors (Lipinski definition) is 7. The number of anilines is 1. The number of oxazole rings is 1. The zero-order valence-electron chi connectivity index (χ0n) is 15.6. The van der Waals surface area contributed by atoms with Crippen molar-refractivity contribution < 1.29 is 23.5 Å². The number of hydrogen-bond donors (Lipinski definition) is 1. The highest BCUT2D eigenvalue weighted by Gasteiger charge is 2.15. The van der Waals surface area contributed by atoms with Crippen molar-refractivity contribution in [2.24, 2.45) is 0 Å². The molecule has 1 N–H and O–H groups in total. The van der Waals surface area contributed by atoms with Gasteiger partial charge >= 0.3 is 5.97 Å². The monoisotopic (exact) mass is 400 g/mol. The molecule has 3 aromatic rings. The SMILES string of the molecule is CCOC(=O)COc1cccc(NC(=O)Cc2nc(-c3cccs3)oc2C)c1. The van der Waals surface area contributed by atoms with Gasteiger partial charge in [-0.05, 0) is 37.4 Å². The number of amides is 1. The zero-order valence-corrected chi connectivity index (χ0v) is 16.4. The smallest absolute Gasteiger partial charge is 0.344 e. The molecule has 28 heavy (non-hydrogen) atoms. The van der Waals surface area contributed by atoms with Crippen LogP contribution in [-0.2, 0) is 20.7 Å². The molecule has 0 saturated heterocycles. The number of aryl methyl sites for hydroxylation is 1. The zero-order chi connectivity index (χ0) is 19.9. The first kappa shape index (κ1) is 19.6. The maximum absolute atomic E-state index is 12.4. The Hall–Kier alpha value is -3.13. The van der Waals surface area contributed by atoms with Gasteiger partial charge in [-0.15, -0.1) is 11.3 Å². The molecule has 8 heteroatoms. The fourth-order valence-electron chi connectivity index (χ4n) is 2.46. The molecule has 146 valence electrons. The summed E-state index contributed by atoms with van der Waals surface area (Å²) >= 11 is 1.53. The number of aromatic nitrogens is 1. The second-order valence-electron chi connectivity index (χ2n) is 5.85. The van der Waals surface area contributed by atoms with Crippen molar-refractivity contribution in [3.05, 3.63) is 53.2 Å². The van der Waals surface area contributed by atoms with Crippen LogP contribution in [0.2, 0.25) is 0 Å². The van der Waals surface area contributed by atoms with Crippen molar-refractivity contribution >= 4 is 28.9 Å². The molecule has 2 heterocycles. The third-order valence-corrected chi connectivity index (χ3v) is 4.59. The molecular weight excluding hydrogens is 380 g/mol. The van der Waals surface area contributed by atoms with E-state index in [2.05, 4.69) is 10.3 Å². The lowest BCUT2D eigenvalue weighted by Crippen LogP contribution is -2.16. The fraction of sp³-hybridized carbons (Fsp3) is 0.250. The van der Waals surface area contributed by atoms with Crippen LogP contribution in [0.1, 0.15) is 18.4 Å². The lowest BCUT2D eigenvalue weighted by atomic mass is 10.2. The van der Waals surface area contributed by atoms with E-state index in [1.807, 2.05) is 17.5 Å². The van der Waals surface area contributed by atoms with Crippen LogP contribution in [0.5, 0.6) is 5.75 Å². The average Bonchev–Trinajstić information content (AvgIpc) is 3.31. The predicted octanol–water partition coefficient (Wildman–Crippen LogP) is 3.83. The standard InChI is InChI=1S/C20H20N2O5S/c1-3-25-19(24)12-26-15-7-4-6-14(10-15)21-18(23)11-16-13(2)27-20(22-16)17-8-5-9-28-17/h4-10H,3,11-12H2,1-2H3,(H,21,23). The minimum atomic E-state index is -0.444. The Kier molecular flexibility index (Phi) is 6.44. The van der Waals surface area contributed by atoms with Crippen LogP contribution in [0, 0.1) is 6.92 Å². The van der Waals surface area contributed by atoms with Gasteiger partial charge in [0.1, 0.15) is 11.5 Å². The third-order valence-electron chi connectivity index (χ3n) is 3.73. The Labute approximate surface area is 166 Å². The van der Waals surface area contributed by atoms with Gasteiger partial charge in [0, 0.05) is 11.8 Å². The molecule has 0 aliphatic rings. The van der Waals surface area contributed by atoms with Crippen LogP contribution >= 0.6 is 11.3 Å². The van der Waals surface area contributed by atoms with E-state index >= 15 is 0 Å². The second-order valence-corrected chi connectivity index (χ2v) is 6.79. The van der Waals surface area contributed by atoms with Gasteiger partial charge in [-0.25, -0.2) is 9.78 Å². The highest BCUT2D eigenvalue weighted by Crippen LogP contribution is 2.26. The summed E-state index contributed by atoms with van der Waals surface area (Å²) in [4.78, 5) is 29.1. The molecule has 0 aliphatic carbocycles.